The molecule has 5 aliphatic heterocycles. The highest BCUT2D eigenvalue weighted by atomic mass is 16.5. The third-order valence-electron chi connectivity index (χ3n) is 8.30. The molecule has 6 aliphatic rings. The minimum absolute atomic E-state index is 0.0570. The number of nitrogens with zero attached hydrogens (tertiary/aromatic N) is 1. The molecule has 0 aromatic heterocycles. The first-order valence-electron chi connectivity index (χ1n) is 9.64. The van der Waals surface area contributed by atoms with Gasteiger partial charge in [0.1, 0.15) is 5.41 Å². The first-order chi connectivity index (χ1) is 12.6. The Bertz CT molecular complexity index is 867. The summed E-state index contributed by atoms with van der Waals surface area (Å²) in [6.45, 7) is 2.96. The third-order valence-corrected chi connectivity index (χ3v) is 8.30. The molecule has 5 heteroatoms. The highest BCUT2D eigenvalue weighted by molar-refractivity contribution is 5.84. The van der Waals surface area contributed by atoms with Crippen molar-refractivity contribution in [2.24, 2.45) is 11.3 Å². The molecule has 5 bridgehead atoms. The van der Waals surface area contributed by atoms with Gasteiger partial charge in [0, 0.05) is 35.6 Å². The number of methoxy groups -OCH3 is 1. The van der Waals surface area contributed by atoms with Crippen LogP contribution in [-0.4, -0.2) is 53.9 Å². The Morgan fingerprint density at radius 1 is 1.42 bits per heavy atom. The van der Waals surface area contributed by atoms with E-state index in [9.17, 15) is 9.90 Å². The number of carbonyl (C=O) groups excluding carboxylic acids is 1. The molecule has 4 saturated heterocycles. The van der Waals surface area contributed by atoms with Gasteiger partial charge < -0.3 is 15.2 Å². The molecular weight excluding hydrogens is 328 g/mol. The van der Waals surface area contributed by atoms with Gasteiger partial charge in [-0.15, -0.1) is 0 Å². The summed E-state index contributed by atoms with van der Waals surface area (Å²) in [7, 11) is 1.46. The fourth-order valence-corrected chi connectivity index (χ4v) is 7.49. The highest BCUT2D eigenvalue weighted by Gasteiger charge is 2.82. The Kier molecular flexibility index (Phi) is 2.65. The molecule has 136 valence electrons. The third kappa shape index (κ3) is 1.28. The summed E-state index contributed by atoms with van der Waals surface area (Å²) in [6, 6.07) is 8.89. The maximum Gasteiger partial charge on any atom is 0.316 e. The molecule has 8 unspecified atom stereocenters. The molecule has 26 heavy (non-hydrogen) atoms. The van der Waals surface area contributed by atoms with Crippen LogP contribution in [-0.2, 0) is 14.9 Å². The van der Waals surface area contributed by atoms with Crippen molar-refractivity contribution in [3.63, 3.8) is 0 Å². The Hall–Kier alpha value is -1.85. The van der Waals surface area contributed by atoms with Crippen LogP contribution >= 0.6 is 0 Å². The lowest BCUT2D eigenvalue weighted by Crippen LogP contribution is -2.71. The van der Waals surface area contributed by atoms with E-state index in [2.05, 4.69) is 35.3 Å². The molecule has 5 nitrogen and oxygen atoms in total. The van der Waals surface area contributed by atoms with E-state index in [-0.39, 0.29) is 24.0 Å². The van der Waals surface area contributed by atoms with Crippen molar-refractivity contribution < 1.29 is 14.6 Å². The van der Waals surface area contributed by atoms with Crippen molar-refractivity contribution in [1.29, 1.82) is 0 Å². The molecule has 1 aromatic rings. The van der Waals surface area contributed by atoms with Gasteiger partial charge in [-0.1, -0.05) is 29.8 Å². The number of benzene rings is 1. The van der Waals surface area contributed by atoms with E-state index in [0.29, 0.717) is 6.04 Å². The number of aliphatic hydroxyl groups excluding tert-OH is 1. The zero-order valence-corrected chi connectivity index (χ0v) is 15.1. The fourth-order valence-electron chi connectivity index (χ4n) is 7.49. The summed E-state index contributed by atoms with van der Waals surface area (Å²) in [5.74, 6) is -0.154. The van der Waals surface area contributed by atoms with Gasteiger partial charge in [0.2, 0.25) is 0 Å². The van der Waals surface area contributed by atoms with Crippen LogP contribution in [0.1, 0.15) is 25.3 Å². The second-order valence-electron chi connectivity index (χ2n) is 8.65. The number of carbonyl (C=O) groups is 1. The fraction of sp³-hybridized carbons (Fsp3) is 0.571. The number of piperidine rings is 4. The van der Waals surface area contributed by atoms with E-state index in [4.69, 9.17) is 4.74 Å². The van der Waals surface area contributed by atoms with Gasteiger partial charge >= 0.3 is 5.97 Å². The van der Waals surface area contributed by atoms with Crippen LogP contribution in [0.2, 0.25) is 0 Å². The van der Waals surface area contributed by atoms with Crippen molar-refractivity contribution in [2.75, 3.05) is 19.0 Å². The molecule has 0 amide bonds. The lowest BCUT2D eigenvalue weighted by atomic mass is 9.58. The molecule has 5 heterocycles. The van der Waals surface area contributed by atoms with Gasteiger partial charge in [0.05, 0.1) is 19.3 Å². The van der Waals surface area contributed by atoms with E-state index in [0.717, 1.165) is 25.1 Å². The maximum atomic E-state index is 13.2. The number of hydrogen-bond donors (Lipinski definition) is 2. The number of allylic oxidation sites excluding steroid dienone is 1. The predicted molar refractivity (Wildman–Crippen MR) is 96.7 cm³/mol. The second-order valence-corrected chi connectivity index (χ2v) is 8.65. The largest absolute Gasteiger partial charge is 0.468 e. The first-order valence-corrected chi connectivity index (χ1v) is 9.64. The molecule has 8 atom stereocenters. The lowest BCUT2D eigenvalue weighted by molar-refractivity contribution is -0.179. The predicted octanol–water partition coefficient (Wildman–Crippen LogP) is 1.68. The van der Waals surface area contributed by atoms with Gasteiger partial charge in [-0.2, -0.15) is 0 Å². The Morgan fingerprint density at radius 2 is 2.23 bits per heavy atom. The minimum atomic E-state index is -0.848. The number of ether oxygens (including phenoxy) is 1. The average molecular weight is 352 g/mol. The van der Waals surface area contributed by atoms with Gasteiger partial charge in [-0.25, -0.2) is 0 Å². The van der Waals surface area contributed by atoms with Gasteiger partial charge in [0.25, 0.3) is 0 Å². The van der Waals surface area contributed by atoms with Gasteiger partial charge in [-0.05, 0) is 31.4 Å². The van der Waals surface area contributed by atoms with Crippen LogP contribution in [0.5, 0.6) is 0 Å². The monoisotopic (exact) mass is 352 g/mol. The number of esters is 1. The minimum Gasteiger partial charge on any atom is -0.468 e. The van der Waals surface area contributed by atoms with E-state index in [1.807, 2.05) is 12.1 Å². The van der Waals surface area contributed by atoms with Crippen LogP contribution in [0, 0.1) is 11.3 Å². The van der Waals surface area contributed by atoms with Crippen LogP contribution in [0.15, 0.2) is 35.9 Å². The molecule has 2 N–H and O–H groups in total. The maximum absolute atomic E-state index is 13.2. The Morgan fingerprint density at radius 3 is 3.00 bits per heavy atom. The molecular formula is C21H24N2O3. The van der Waals surface area contributed by atoms with Crippen molar-refractivity contribution in [3.8, 4) is 0 Å². The summed E-state index contributed by atoms with van der Waals surface area (Å²) in [6.07, 6.45) is 3.15. The second kappa shape index (κ2) is 4.52. The summed E-state index contributed by atoms with van der Waals surface area (Å²) in [4.78, 5) is 15.7. The quantitative estimate of drug-likeness (QED) is 0.595. The van der Waals surface area contributed by atoms with Gasteiger partial charge in [-0.3, -0.25) is 9.69 Å². The summed E-state index contributed by atoms with van der Waals surface area (Å²) in [5.41, 5.74) is 2.34. The molecule has 7 rings (SSSR count). The number of nitrogens with one attached hydrogen (secondary N) is 1. The van der Waals surface area contributed by atoms with Crippen molar-refractivity contribution in [2.45, 2.75) is 49.4 Å². The molecule has 0 radical (unpaired) electrons. The molecule has 5 fully saturated rings. The zero-order chi connectivity index (χ0) is 17.8. The SMILES string of the molecule is C/C=C1\CN2C3CC1C1(C(=O)OC)C2CC2(c4ccccc4NC32)C1O. The number of para-hydroxylation sites is 1. The smallest absolute Gasteiger partial charge is 0.316 e. The number of anilines is 1. The molecule has 1 aromatic carbocycles. The average Bonchev–Trinajstić information content (AvgIpc) is 3.13. The van der Waals surface area contributed by atoms with E-state index < -0.39 is 16.9 Å². The zero-order valence-electron chi connectivity index (χ0n) is 15.1. The Labute approximate surface area is 153 Å². The summed E-state index contributed by atoms with van der Waals surface area (Å²) >= 11 is 0. The number of hydrogen-bond acceptors (Lipinski definition) is 5. The van der Waals surface area contributed by atoms with Crippen LogP contribution in [0.25, 0.3) is 0 Å². The van der Waals surface area contributed by atoms with Crippen LogP contribution in [0.3, 0.4) is 0 Å². The molecule has 1 spiro atoms. The lowest BCUT2D eigenvalue weighted by Gasteiger charge is -2.60. The summed E-state index contributed by atoms with van der Waals surface area (Å²) < 4.78 is 5.34. The number of fused-ring (bicyclic) bond motifs is 2. The van der Waals surface area contributed by atoms with Gasteiger partial charge in [0.15, 0.2) is 0 Å². The molecule has 1 saturated carbocycles. The van der Waals surface area contributed by atoms with Crippen LogP contribution < -0.4 is 5.32 Å². The Balaban J connectivity index is 1.65. The van der Waals surface area contributed by atoms with Crippen molar-refractivity contribution in [1.82, 2.24) is 4.90 Å². The van der Waals surface area contributed by atoms with E-state index in [1.165, 1.54) is 18.2 Å². The first kappa shape index (κ1) is 15.2. The van der Waals surface area contributed by atoms with Crippen LogP contribution in [0.4, 0.5) is 5.69 Å². The normalized spacial score (nSPS) is 50.5. The number of aliphatic hydroxyl groups is 1. The van der Waals surface area contributed by atoms with E-state index >= 15 is 0 Å². The topological polar surface area (TPSA) is 61.8 Å². The number of rotatable bonds is 1. The summed E-state index contributed by atoms with van der Waals surface area (Å²) in [5, 5.41) is 15.6. The van der Waals surface area contributed by atoms with E-state index in [1.54, 1.807) is 0 Å². The van der Waals surface area contributed by atoms with Crippen molar-refractivity contribution in [3.05, 3.63) is 41.5 Å². The molecule has 1 aliphatic carbocycles. The standard InChI is InChI=1S/C21H24N2O3/c1-3-11-10-23-15-8-13(11)21(19(25)26-2)16(23)9-20(18(21)24)12-6-4-5-7-14(12)22-17(15)20/h3-7,13,15-18,22,24H,8-10H2,1-2H3/b11-3+. The van der Waals surface area contributed by atoms with Crippen molar-refractivity contribution >= 4 is 11.7 Å². The highest BCUT2D eigenvalue weighted by Crippen LogP contribution is 2.71.